The largest absolute Gasteiger partial charge is 0.496 e. The molecule has 0 saturated carbocycles. The fourth-order valence-electron chi connectivity index (χ4n) is 1.92. The van der Waals surface area contributed by atoms with Crippen molar-refractivity contribution in [3.63, 3.8) is 0 Å². The molecule has 0 aromatic heterocycles. The van der Waals surface area contributed by atoms with E-state index in [4.69, 9.17) is 21.4 Å². The first kappa shape index (κ1) is 12.7. The minimum atomic E-state index is -0.816. The third-order valence-electron chi connectivity index (χ3n) is 2.81. The molecule has 0 bridgehead atoms. The number of fused-ring (bicyclic) bond motifs is 1. The fraction of sp³-hybridized carbons (Fsp3) is 0.214. The lowest BCUT2D eigenvalue weighted by molar-refractivity contribution is -0.136. The summed E-state index contributed by atoms with van der Waals surface area (Å²) in [5, 5.41) is 11.4. The number of benzene rings is 2. The fourth-order valence-corrected chi connectivity index (χ4v) is 2.10. The molecule has 0 unspecified atom stereocenters. The molecule has 0 saturated heterocycles. The molecule has 1 N–H and O–H groups in total. The Kier molecular flexibility index (Phi) is 3.72. The van der Waals surface area contributed by atoms with Gasteiger partial charge in [0.25, 0.3) is 0 Å². The van der Waals surface area contributed by atoms with E-state index in [-0.39, 0.29) is 6.42 Å². The number of methoxy groups -OCH3 is 1. The Balaban J connectivity index is 2.46. The molecule has 0 aliphatic carbocycles. The molecule has 0 amide bonds. The molecule has 0 aliphatic heterocycles. The smallest absolute Gasteiger partial charge is 0.303 e. The van der Waals surface area contributed by atoms with Crippen molar-refractivity contribution in [2.75, 3.05) is 7.11 Å². The molecule has 0 aliphatic rings. The molecule has 18 heavy (non-hydrogen) atoms. The second kappa shape index (κ2) is 5.27. The van der Waals surface area contributed by atoms with Gasteiger partial charge in [0.05, 0.1) is 7.11 Å². The summed E-state index contributed by atoms with van der Waals surface area (Å²) in [7, 11) is 1.58. The van der Waals surface area contributed by atoms with Crippen LogP contribution in [-0.2, 0) is 11.2 Å². The van der Waals surface area contributed by atoms with Crippen LogP contribution in [0.3, 0.4) is 0 Å². The number of aryl methyl sites for hydroxylation is 1. The van der Waals surface area contributed by atoms with Crippen molar-refractivity contribution in [2.24, 2.45) is 0 Å². The first-order chi connectivity index (χ1) is 8.60. The maximum absolute atomic E-state index is 10.6. The van der Waals surface area contributed by atoms with Gasteiger partial charge in [-0.25, -0.2) is 0 Å². The zero-order chi connectivity index (χ0) is 13.1. The van der Waals surface area contributed by atoms with Crippen molar-refractivity contribution >= 4 is 28.3 Å². The summed E-state index contributed by atoms with van der Waals surface area (Å²) in [6, 6.07) is 9.44. The summed E-state index contributed by atoms with van der Waals surface area (Å²) in [6.45, 7) is 0. The highest BCUT2D eigenvalue weighted by atomic mass is 35.5. The zero-order valence-corrected chi connectivity index (χ0v) is 10.7. The van der Waals surface area contributed by atoms with Gasteiger partial charge in [-0.1, -0.05) is 17.7 Å². The van der Waals surface area contributed by atoms with Crippen LogP contribution in [0.25, 0.3) is 10.8 Å². The number of carbonyl (C=O) groups is 1. The van der Waals surface area contributed by atoms with Crippen LogP contribution in [-0.4, -0.2) is 18.2 Å². The minimum absolute atomic E-state index is 0.0857. The molecular formula is C14H13ClO3. The first-order valence-electron chi connectivity index (χ1n) is 5.58. The SMILES string of the molecule is COc1cc2ccc(Cl)cc2cc1CCC(=O)O. The zero-order valence-electron chi connectivity index (χ0n) is 9.94. The Hall–Kier alpha value is -1.74. The van der Waals surface area contributed by atoms with E-state index in [1.165, 1.54) is 0 Å². The average molecular weight is 265 g/mol. The standard InChI is InChI=1S/C14H13ClO3/c1-18-13-8-9-2-4-12(15)7-11(9)6-10(13)3-5-14(16)17/h2,4,6-8H,3,5H2,1H3,(H,16,17). The van der Waals surface area contributed by atoms with E-state index >= 15 is 0 Å². The highest BCUT2D eigenvalue weighted by Gasteiger charge is 2.08. The van der Waals surface area contributed by atoms with Crippen LogP contribution in [0.1, 0.15) is 12.0 Å². The molecule has 2 aromatic rings. The first-order valence-corrected chi connectivity index (χ1v) is 5.96. The Labute approximate surface area is 110 Å². The van der Waals surface area contributed by atoms with E-state index in [1.54, 1.807) is 7.11 Å². The van der Waals surface area contributed by atoms with Gasteiger partial charge in [-0.15, -0.1) is 0 Å². The van der Waals surface area contributed by atoms with Gasteiger partial charge in [-0.3, -0.25) is 4.79 Å². The van der Waals surface area contributed by atoms with Gasteiger partial charge in [0.1, 0.15) is 5.75 Å². The summed E-state index contributed by atoms with van der Waals surface area (Å²) in [5.74, 6) is -0.102. The molecule has 0 atom stereocenters. The van der Waals surface area contributed by atoms with Gasteiger partial charge in [0.15, 0.2) is 0 Å². The van der Waals surface area contributed by atoms with Crippen LogP contribution in [0.15, 0.2) is 30.3 Å². The van der Waals surface area contributed by atoms with Crippen molar-refractivity contribution in [3.8, 4) is 5.75 Å². The molecule has 94 valence electrons. The normalized spacial score (nSPS) is 10.6. The Morgan fingerprint density at radius 1 is 1.28 bits per heavy atom. The second-order valence-electron chi connectivity index (χ2n) is 4.05. The number of halogens is 1. The van der Waals surface area contributed by atoms with Gasteiger partial charge in [-0.05, 0) is 47.0 Å². The van der Waals surface area contributed by atoms with Gasteiger partial charge in [0, 0.05) is 11.4 Å². The summed E-state index contributed by atoms with van der Waals surface area (Å²) in [4.78, 5) is 10.6. The molecule has 0 spiro atoms. The molecule has 0 heterocycles. The third kappa shape index (κ3) is 2.74. The monoisotopic (exact) mass is 264 g/mol. The quantitative estimate of drug-likeness (QED) is 0.919. The number of hydrogen-bond donors (Lipinski definition) is 1. The van der Waals surface area contributed by atoms with Crippen LogP contribution in [0.5, 0.6) is 5.75 Å². The maximum Gasteiger partial charge on any atom is 0.303 e. The minimum Gasteiger partial charge on any atom is -0.496 e. The van der Waals surface area contributed by atoms with E-state index in [1.807, 2.05) is 30.3 Å². The summed E-state index contributed by atoms with van der Waals surface area (Å²) in [6.07, 6.45) is 0.531. The highest BCUT2D eigenvalue weighted by Crippen LogP contribution is 2.28. The van der Waals surface area contributed by atoms with Crippen LogP contribution in [0.4, 0.5) is 0 Å². The van der Waals surface area contributed by atoms with Gasteiger partial charge < -0.3 is 9.84 Å². The predicted molar refractivity (Wildman–Crippen MR) is 71.5 cm³/mol. The van der Waals surface area contributed by atoms with Crippen molar-refractivity contribution in [2.45, 2.75) is 12.8 Å². The van der Waals surface area contributed by atoms with E-state index in [2.05, 4.69) is 0 Å². The topological polar surface area (TPSA) is 46.5 Å². The number of rotatable bonds is 4. The lowest BCUT2D eigenvalue weighted by Crippen LogP contribution is -1.99. The molecular weight excluding hydrogens is 252 g/mol. The molecule has 4 heteroatoms. The van der Waals surface area contributed by atoms with Crippen molar-refractivity contribution in [1.29, 1.82) is 0 Å². The van der Waals surface area contributed by atoms with Gasteiger partial charge >= 0.3 is 5.97 Å². The maximum atomic E-state index is 10.6. The number of ether oxygens (including phenoxy) is 1. The summed E-state index contributed by atoms with van der Waals surface area (Å²) in [5.41, 5.74) is 0.884. The van der Waals surface area contributed by atoms with Crippen LogP contribution < -0.4 is 4.74 Å². The molecule has 3 nitrogen and oxygen atoms in total. The van der Waals surface area contributed by atoms with Gasteiger partial charge in [0.2, 0.25) is 0 Å². The highest BCUT2D eigenvalue weighted by molar-refractivity contribution is 6.31. The number of hydrogen-bond acceptors (Lipinski definition) is 2. The number of carboxylic acid groups (broad SMARTS) is 1. The average Bonchev–Trinajstić information content (AvgIpc) is 2.35. The van der Waals surface area contributed by atoms with Crippen LogP contribution >= 0.6 is 11.6 Å². The Bertz CT molecular complexity index is 593. The molecule has 2 rings (SSSR count). The molecule has 2 aromatic carbocycles. The Morgan fingerprint density at radius 3 is 2.72 bits per heavy atom. The second-order valence-corrected chi connectivity index (χ2v) is 4.49. The van der Waals surface area contributed by atoms with E-state index < -0.39 is 5.97 Å². The van der Waals surface area contributed by atoms with Gasteiger partial charge in [-0.2, -0.15) is 0 Å². The van der Waals surface area contributed by atoms with E-state index in [0.717, 1.165) is 16.3 Å². The summed E-state index contributed by atoms with van der Waals surface area (Å²) < 4.78 is 5.29. The van der Waals surface area contributed by atoms with E-state index in [9.17, 15) is 4.79 Å². The molecule has 0 radical (unpaired) electrons. The van der Waals surface area contributed by atoms with Crippen molar-refractivity contribution in [3.05, 3.63) is 40.9 Å². The Morgan fingerprint density at radius 2 is 2.06 bits per heavy atom. The van der Waals surface area contributed by atoms with Crippen LogP contribution in [0, 0.1) is 0 Å². The predicted octanol–water partition coefficient (Wildman–Crippen LogP) is 3.52. The van der Waals surface area contributed by atoms with Crippen LogP contribution in [0.2, 0.25) is 5.02 Å². The van der Waals surface area contributed by atoms with Crippen molar-refractivity contribution in [1.82, 2.24) is 0 Å². The summed E-state index contributed by atoms with van der Waals surface area (Å²) >= 11 is 5.95. The molecule has 0 fully saturated rings. The van der Waals surface area contributed by atoms with E-state index in [0.29, 0.717) is 17.2 Å². The lowest BCUT2D eigenvalue weighted by Gasteiger charge is -2.10. The third-order valence-corrected chi connectivity index (χ3v) is 3.04. The van der Waals surface area contributed by atoms with Crippen molar-refractivity contribution < 1.29 is 14.6 Å². The number of carboxylic acids is 1. The lowest BCUT2D eigenvalue weighted by atomic mass is 10.0. The number of aliphatic carboxylic acids is 1.